The van der Waals surface area contributed by atoms with Crippen LogP contribution < -0.4 is 34.7 Å². The van der Waals surface area contributed by atoms with Crippen LogP contribution >= 0.6 is 0 Å². The Balaban J connectivity index is 0.00000289. The minimum absolute atomic E-state index is 0. The molecule has 0 aliphatic carbocycles. The predicted molar refractivity (Wildman–Crippen MR) is 51.9 cm³/mol. The Bertz CT molecular complexity index is 348. The van der Waals surface area contributed by atoms with Crippen molar-refractivity contribution in [1.29, 1.82) is 0 Å². The molecule has 0 radical (unpaired) electrons. The molecular weight excluding hydrogens is 257 g/mol. The molecule has 9 heteroatoms. The molecule has 1 heterocycles. The maximum Gasteiger partial charge on any atom is 1.00 e. The summed E-state index contributed by atoms with van der Waals surface area (Å²) >= 11 is 0. The first kappa shape index (κ1) is 17.5. The van der Waals surface area contributed by atoms with Crippen molar-refractivity contribution in [2.75, 3.05) is 0 Å². The van der Waals surface area contributed by atoms with Crippen LogP contribution in [0.2, 0.25) is 0 Å². The molecule has 5 atom stereocenters. The van der Waals surface area contributed by atoms with Crippen LogP contribution in [0.15, 0.2) is 17.6 Å². The van der Waals surface area contributed by atoms with Gasteiger partial charge in [0.05, 0.1) is 0 Å². The summed E-state index contributed by atoms with van der Waals surface area (Å²) in [5.41, 5.74) is 0. The first-order valence-corrected chi connectivity index (χ1v) is 4.68. The van der Waals surface area contributed by atoms with Gasteiger partial charge in [-0.05, 0) is 5.90 Å². The normalized spacial score (nSPS) is 36.6. The summed E-state index contributed by atoms with van der Waals surface area (Å²) in [5, 5.41) is 47.8. The molecule has 1 saturated heterocycles. The number of hydrogen-bond donors (Lipinski definition) is 4. The molecule has 96 valence electrons. The van der Waals surface area contributed by atoms with E-state index in [-0.39, 0.29) is 29.6 Å². The van der Waals surface area contributed by atoms with Gasteiger partial charge in [0.15, 0.2) is 12.3 Å². The summed E-state index contributed by atoms with van der Waals surface area (Å²) in [6.07, 6.45) is -7.74. The van der Waals surface area contributed by atoms with E-state index in [2.05, 4.69) is 11.6 Å². The maximum atomic E-state index is 10.9. The molecule has 1 aliphatic rings. The topological polar surface area (TPSA) is 143 Å². The van der Waals surface area contributed by atoms with Gasteiger partial charge in [-0.15, -0.1) is 0 Å². The van der Waals surface area contributed by atoms with Gasteiger partial charge in [-0.2, -0.15) is 0 Å². The number of carbonyl (C=O) groups is 1. The zero-order valence-electron chi connectivity index (χ0n) is 9.63. The molecule has 0 saturated carbocycles. The molecule has 4 N–H and O–H groups in total. The second kappa shape index (κ2) is 7.19. The second-order valence-electron chi connectivity index (χ2n) is 3.43. The fourth-order valence-corrected chi connectivity index (χ4v) is 1.35. The Kier molecular flexibility index (Phi) is 7.00. The molecule has 0 spiro atoms. The Labute approximate surface area is 125 Å². The average Bonchev–Trinajstić information content (AvgIpc) is 2.29. The number of ether oxygens (including phenoxy) is 1. The van der Waals surface area contributed by atoms with E-state index in [0.717, 1.165) is 6.08 Å². The molecule has 0 bridgehead atoms. The number of aliphatic hydroxyl groups is 3. The molecule has 1 rings (SSSR count). The molecule has 0 aromatic carbocycles. The van der Waals surface area contributed by atoms with Gasteiger partial charge in [-0.25, -0.2) is 4.79 Å². The number of aliphatic hydroxyl groups excluding tert-OH is 3. The summed E-state index contributed by atoms with van der Waals surface area (Å²) in [6.45, 7) is 3.13. The molecule has 8 nitrogen and oxygen atoms in total. The molecule has 0 aromatic rings. The van der Waals surface area contributed by atoms with Crippen molar-refractivity contribution in [3.05, 3.63) is 12.7 Å². The number of carboxylic acid groups (broad SMARTS) is 1. The third-order valence-corrected chi connectivity index (χ3v) is 2.26. The van der Waals surface area contributed by atoms with Crippen molar-refractivity contribution in [1.82, 2.24) is 0 Å². The van der Waals surface area contributed by atoms with Gasteiger partial charge in [0.2, 0.25) is 0 Å². The third kappa shape index (κ3) is 3.75. The first-order valence-electron chi connectivity index (χ1n) is 4.68. The first-order chi connectivity index (χ1) is 7.88. The van der Waals surface area contributed by atoms with E-state index >= 15 is 0 Å². The molecule has 1 aliphatic heterocycles. The zero-order valence-corrected chi connectivity index (χ0v) is 11.6. The van der Waals surface area contributed by atoms with Crippen molar-refractivity contribution in [3.63, 3.8) is 0 Å². The Morgan fingerprint density at radius 2 is 1.83 bits per heavy atom. The van der Waals surface area contributed by atoms with Crippen LogP contribution in [0, 0.1) is 0 Å². The molecule has 0 aromatic heterocycles. The molecule has 18 heavy (non-hydrogen) atoms. The van der Waals surface area contributed by atoms with Gasteiger partial charge >= 0.3 is 35.5 Å². The van der Waals surface area contributed by atoms with Gasteiger partial charge in [0.25, 0.3) is 0 Å². The van der Waals surface area contributed by atoms with E-state index < -0.39 is 42.5 Å². The van der Waals surface area contributed by atoms with Gasteiger partial charge in [-0.3, -0.25) is 4.99 Å². The minimum Gasteiger partial charge on any atom is -0.859 e. The van der Waals surface area contributed by atoms with Crippen LogP contribution in [0.1, 0.15) is 0 Å². The molecule has 0 amide bonds. The van der Waals surface area contributed by atoms with Crippen LogP contribution in [0.5, 0.6) is 0 Å². The fraction of sp³-hybridized carbons (Fsp3) is 0.556. The van der Waals surface area contributed by atoms with Crippen molar-refractivity contribution in [2.45, 2.75) is 30.6 Å². The van der Waals surface area contributed by atoms with E-state index in [1.165, 1.54) is 0 Å². The van der Waals surface area contributed by atoms with Crippen molar-refractivity contribution < 1.29 is 64.6 Å². The van der Waals surface area contributed by atoms with Gasteiger partial charge in [0.1, 0.15) is 18.3 Å². The van der Waals surface area contributed by atoms with E-state index in [1.54, 1.807) is 0 Å². The number of aliphatic carboxylic acids is 1. The summed E-state index contributed by atoms with van der Waals surface area (Å²) in [4.78, 5) is 14.0. The molecular formula is C9H12NNaO7. The van der Waals surface area contributed by atoms with Crippen molar-refractivity contribution in [2.24, 2.45) is 4.99 Å². The number of nitrogens with zero attached hydrogens (tertiary/aromatic N) is 1. The SMILES string of the molecule is C=CC([O-])=N[C@@H]1O[C@H](C(=O)O)[C@@H](O)[C@H](O)[C@H]1O.[Na+]. The van der Waals surface area contributed by atoms with Crippen LogP contribution in [-0.4, -0.2) is 62.9 Å². The van der Waals surface area contributed by atoms with Crippen LogP contribution in [0.3, 0.4) is 0 Å². The fourth-order valence-electron chi connectivity index (χ4n) is 1.35. The van der Waals surface area contributed by atoms with Gasteiger partial charge < -0.3 is 30.3 Å². The zero-order chi connectivity index (χ0) is 13.2. The maximum absolute atomic E-state index is 10.9. The average molecular weight is 269 g/mol. The molecule has 1 fully saturated rings. The predicted octanol–water partition coefficient (Wildman–Crippen LogP) is -6.17. The van der Waals surface area contributed by atoms with E-state index in [4.69, 9.17) is 9.84 Å². The van der Waals surface area contributed by atoms with Crippen molar-refractivity contribution >= 4 is 11.9 Å². The number of carboxylic acids is 1. The summed E-state index contributed by atoms with van der Waals surface area (Å²) in [6, 6.07) is 0. The Hall–Kier alpha value is -0.480. The van der Waals surface area contributed by atoms with Crippen molar-refractivity contribution in [3.8, 4) is 0 Å². The van der Waals surface area contributed by atoms with Crippen LogP contribution in [0.25, 0.3) is 0 Å². The summed E-state index contributed by atoms with van der Waals surface area (Å²) in [5.74, 6) is -2.36. The number of hydrogen-bond acceptors (Lipinski definition) is 7. The van der Waals surface area contributed by atoms with E-state index in [0.29, 0.717) is 0 Å². The standard InChI is InChI=1S/C9H13NO7.Na/c1-2-3(11)10-8-6(14)4(12)5(13)7(17-8)9(15)16;/h2,4-8,12-14H,1H2,(H,10,11)(H,15,16);/q;+1/p-1/t4-,5-,6+,7-,8+;/m0./s1. The number of aliphatic imine (C=N–C) groups is 1. The second-order valence-corrected chi connectivity index (χ2v) is 3.43. The van der Waals surface area contributed by atoms with Gasteiger partial charge in [-0.1, -0.05) is 12.7 Å². The van der Waals surface area contributed by atoms with E-state index in [1.807, 2.05) is 0 Å². The minimum atomic E-state index is -1.80. The van der Waals surface area contributed by atoms with E-state index in [9.17, 15) is 25.2 Å². The number of rotatable bonds is 3. The van der Waals surface area contributed by atoms with Gasteiger partial charge in [0, 0.05) is 0 Å². The largest absolute Gasteiger partial charge is 1.00 e. The monoisotopic (exact) mass is 269 g/mol. The van der Waals surface area contributed by atoms with Crippen LogP contribution in [-0.2, 0) is 9.53 Å². The Morgan fingerprint density at radius 3 is 2.28 bits per heavy atom. The van der Waals surface area contributed by atoms with Crippen LogP contribution in [0.4, 0.5) is 0 Å². The third-order valence-electron chi connectivity index (χ3n) is 2.26. The quantitative estimate of drug-likeness (QED) is 0.227. The smallest absolute Gasteiger partial charge is 0.859 e. The summed E-state index contributed by atoms with van der Waals surface area (Å²) in [7, 11) is 0. The Morgan fingerprint density at radius 1 is 1.28 bits per heavy atom. The molecule has 0 unspecified atom stereocenters. The summed E-state index contributed by atoms with van der Waals surface area (Å²) < 4.78 is 4.72.